The Balaban J connectivity index is 2.45. The van der Waals surface area contributed by atoms with Gasteiger partial charge in [0.05, 0.1) is 5.69 Å². The van der Waals surface area contributed by atoms with Crippen LogP contribution in [0.15, 0.2) is 41.3 Å². The lowest BCUT2D eigenvalue weighted by atomic mass is 10.2. The maximum Gasteiger partial charge on any atom is 0.423 e. The standard InChI is InChI=1S/C14H16N2O3/c1-14(2,3)19-13(18)16-11(9-15-12(16)17)10-7-5-4-6-8-10/h4-9H,1-3H3,(H,15,17). The van der Waals surface area contributed by atoms with E-state index in [0.717, 1.165) is 10.1 Å². The largest absolute Gasteiger partial charge is 0.443 e. The van der Waals surface area contributed by atoms with Crippen LogP contribution in [0.5, 0.6) is 0 Å². The van der Waals surface area contributed by atoms with Crippen molar-refractivity contribution < 1.29 is 9.53 Å². The van der Waals surface area contributed by atoms with Gasteiger partial charge in [0.2, 0.25) is 0 Å². The summed E-state index contributed by atoms with van der Waals surface area (Å²) in [6.45, 7) is 5.26. The molecular weight excluding hydrogens is 244 g/mol. The number of carbonyl (C=O) groups is 1. The Kier molecular flexibility index (Phi) is 3.29. The zero-order chi connectivity index (χ0) is 14.0. The third-order valence-electron chi connectivity index (χ3n) is 2.42. The van der Waals surface area contributed by atoms with Crippen molar-refractivity contribution in [1.82, 2.24) is 9.55 Å². The van der Waals surface area contributed by atoms with Crippen LogP contribution in [0.2, 0.25) is 0 Å². The highest BCUT2D eigenvalue weighted by atomic mass is 16.6. The number of H-pyrrole nitrogens is 1. The molecule has 0 saturated carbocycles. The first kappa shape index (κ1) is 13.1. The highest BCUT2D eigenvalue weighted by Gasteiger charge is 2.22. The Labute approximate surface area is 110 Å². The van der Waals surface area contributed by atoms with E-state index in [9.17, 15) is 9.59 Å². The first-order valence-electron chi connectivity index (χ1n) is 5.98. The molecule has 100 valence electrons. The SMILES string of the molecule is CC(C)(C)OC(=O)n1c(-c2ccccc2)c[nH]c1=O. The summed E-state index contributed by atoms with van der Waals surface area (Å²) in [4.78, 5) is 26.3. The minimum atomic E-state index is -0.683. The lowest BCUT2D eigenvalue weighted by molar-refractivity contribution is 0.0534. The molecule has 1 N–H and O–H groups in total. The van der Waals surface area contributed by atoms with Gasteiger partial charge in [0.25, 0.3) is 0 Å². The Bertz CT molecular complexity index is 633. The van der Waals surface area contributed by atoms with Crippen LogP contribution in [-0.2, 0) is 4.74 Å². The van der Waals surface area contributed by atoms with Gasteiger partial charge in [-0.15, -0.1) is 0 Å². The molecule has 0 aliphatic rings. The summed E-state index contributed by atoms with van der Waals surface area (Å²) in [5.41, 5.74) is 0.0986. The molecule has 0 unspecified atom stereocenters. The lowest BCUT2D eigenvalue weighted by Gasteiger charge is -2.19. The summed E-state index contributed by atoms with van der Waals surface area (Å²) in [6, 6.07) is 9.19. The van der Waals surface area contributed by atoms with Crippen LogP contribution in [0.25, 0.3) is 11.3 Å². The van der Waals surface area contributed by atoms with Gasteiger partial charge in [0.1, 0.15) is 5.60 Å². The van der Waals surface area contributed by atoms with E-state index in [4.69, 9.17) is 4.74 Å². The van der Waals surface area contributed by atoms with E-state index in [0.29, 0.717) is 5.69 Å². The second kappa shape index (κ2) is 4.76. The van der Waals surface area contributed by atoms with Crippen LogP contribution in [0, 0.1) is 0 Å². The van der Waals surface area contributed by atoms with Crippen molar-refractivity contribution in [3.63, 3.8) is 0 Å². The number of hydrogen-bond donors (Lipinski definition) is 1. The number of rotatable bonds is 1. The van der Waals surface area contributed by atoms with E-state index in [-0.39, 0.29) is 0 Å². The Morgan fingerprint density at radius 2 is 1.84 bits per heavy atom. The molecule has 0 aliphatic carbocycles. The smallest absolute Gasteiger partial charge is 0.423 e. The Morgan fingerprint density at radius 3 is 2.42 bits per heavy atom. The molecule has 0 bridgehead atoms. The molecule has 0 aliphatic heterocycles. The van der Waals surface area contributed by atoms with E-state index in [2.05, 4.69) is 4.98 Å². The molecule has 0 amide bonds. The first-order chi connectivity index (χ1) is 8.88. The molecule has 2 rings (SSSR count). The number of ether oxygens (including phenoxy) is 1. The molecule has 1 heterocycles. The van der Waals surface area contributed by atoms with Crippen molar-refractivity contribution in [2.75, 3.05) is 0 Å². The Morgan fingerprint density at radius 1 is 1.21 bits per heavy atom. The van der Waals surface area contributed by atoms with Gasteiger partial charge < -0.3 is 9.72 Å². The van der Waals surface area contributed by atoms with Crippen molar-refractivity contribution in [2.45, 2.75) is 26.4 Å². The molecule has 0 atom stereocenters. The molecule has 0 saturated heterocycles. The summed E-state index contributed by atoms with van der Waals surface area (Å²) in [6.07, 6.45) is 0.819. The van der Waals surface area contributed by atoms with Crippen LogP contribution in [-0.4, -0.2) is 21.2 Å². The van der Waals surface area contributed by atoms with Gasteiger partial charge in [-0.25, -0.2) is 9.59 Å². The first-order valence-corrected chi connectivity index (χ1v) is 5.98. The van der Waals surface area contributed by atoms with Crippen molar-refractivity contribution in [1.29, 1.82) is 0 Å². The summed E-state index contributed by atoms with van der Waals surface area (Å²) >= 11 is 0. The van der Waals surface area contributed by atoms with Crippen LogP contribution in [0.4, 0.5) is 4.79 Å². The fraction of sp³-hybridized carbons (Fsp3) is 0.286. The van der Waals surface area contributed by atoms with E-state index in [1.807, 2.05) is 30.3 Å². The van der Waals surface area contributed by atoms with Gasteiger partial charge in [-0.05, 0) is 20.8 Å². The van der Waals surface area contributed by atoms with Crippen LogP contribution in [0.3, 0.4) is 0 Å². The average Bonchev–Trinajstić information content (AvgIpc) is 2.70. The number of benzene rings is 1. The predicted octanol–water partition coefficient (Wildman–Crippen LogP) is 2.63. The second-order valence-electron chi connectivity index (χ2n) is 5.16. The van der Waals surface area contributed by atoms with Crippen molar-refractivity contribution in [3.8, 4) is 11.3 Å². The monoisotopic (exact) mass is 260 g/mol. The number of aromatic nitrogens is 2. The van der Waals surface area contributed by atoms with Gasteiger partial charge in [-0.2, -0.15) is 4.57 Å². The molecule has 1 aromatic heterocycles. The van der Waals surface area contributed by atoms with Crippen molar-refractivity contribution in [3.05, 3.63) is 47.0 Å². The zero-order valence-electron chi connectivity index (χ0n) is 11.1. The number of aromatic amines is 1. The van der Waals surface area contributed by atoms with Crippen LogP contribution >= 0.6 is 0 Å². The molecule has 0 fully saturated rings. The molecular formula is C14H16N2O3. The minimum absolute atomic E-state index is 0.486. The summed E-state index contributed by atoms with van der Waals surface area (Å²) < 4.78 is 6.23. The molecule has 5 nitrogen and oxygen atoms in total. The third-order valence-corrected chi connectivity index (χ3v) is 2.42. The summed E-state index contributed by atoms with van der Waals surface area (Å²) in [7, 11) is 0. The van der Waals surface area contributed by atoms with Gasteiger partial charge in [-0.1, -0.05) is 30.3 Å². The van der Waals surface area contributed by atoms with Crippen molar-refractivity contribution >= 4 is 6.09 Å². The fourth-order valence-corrected chi connectivity index (χ4v) is 1.68. The highest BCUT2D eigenvalue weighted by Crippen LogP contribution is 2.18. The number of hydrogen-bond acceptors (Lipinski definition) is 3. The maximum absolute atomic E-state index is 12.1. The minimum Gasteiger partial charge on any atom is -0.443 e. The van der Waals surface area contributed by atoms with E-state index < -0.39 is 17.4 Å². The van der Waals surface area contributed by atoms with Crippen LogP contribution in [0.1, 0.15) is 20.8 Å². The third kappa shape index (κ3) is 2.93. The number of imidazole rings is 1. The molecule has 5 heteroatoms. The fourth-order valence-electron chi connectivity index (χ4n) is 1.68. The van der Waals surface area contributed by atoms with Crippen LogP contribution < -0.4 is 5.69 Å². The predicted molar refractivity (Wildman–Crippen MR) is 72.1 cm³/mol. The lowest BCUT2D eigenvalue weighted by Crippen LogP contribution is -2.32. The highest BCUT2D eigenvalue weighted by molar-refractivity contribution is 5.77. The number of nitrogens with zero attached hydrogens (tertiary/aromatic N) is 1. The topological polar surface area (TPSA) is 64.1 Å². The van der Waals surface area contributed by atoms with Gasteiger partial charge >= 0.3 is 11.8 Å². The second-order valence-corrected chi connectivity index (χ2v) is 5.16. The average molecular weight is 260 g/mol. The summed E-state index contributed by atoms with van der Waals surface area (Å²) in [5, 5.41) is 0. The van der Waals surface area contributed by atoms with Crippen molar-refractivity contribution in [2.24, 2.45) is 0 Å². The van der Waals surface area contributed by atoms with Gasteiger partial charge in [-0.3, -0.25) is 0 Å². The quantitative estimate of drug-likeness (QED) is 0.857. The van der Waals surface area contributed by atoms with E-state index >= 15 is 0 Å². The normalized spacial score (nSPS) is 11.3. The summed E-state index contributed by atoms with van der Waals surface area (Å²) in [5.74, 6) is 0. The molecule has 2 aromatic rings. The van der Waals surface area contributed by atoms with E-state index in [1.54, 1.807) is 20.8 Å². The number of carbonyl (C=O) groups excluding carboxylic acids is 1. The number of nitrogens with one attached hydrogen (secondary N) is 1. The maximum atomic E-state index is 12.1. The van der Waals surface area contributed by atoms with E-state index in [1.165, 1.54) is 6.20 Å². The van der Waals surface area contributed by atoms with Gasteiger partial charge in [0, 0.05) is 11.8 Å². The molecule has 0 spiro atoms. The molecule has 0 radical (unpaired) electrons. The Hall–Kier alpha value is -2.30. The molecule has 1 aromatic carbocycles. The molecule has 19 heavy (non-hydrogen) atoms. The van der Waals surface area contributed by atoms with Gasteiger partial charge in [0.15, 0.2) is 0 Å². The zero-order valence-corrected chi connectivity index (χ0v) is 11.1.